The quantitative estimate of drug-likeness (QED) is 0.816. The van der Waals surface area contributed by atoms with Gasteiger partial charge < -0.3 is 23.7 Å². The van der Waals surface area contributed by atoms with Gasteiger partial charge in [0.1, 0.15) is 24.7 Å². The first kappa shape index (κ1) is 14.8. The first-order chi connectivity index (χ1) is 10.1. The van der Waals surface area contributed by atoms with Gasteiger partial charge in [0.2, 0.25) is 11.8 Å². The Morgan fingerprint density at radius 2 is 1.86 bits per heavy atom. The monoisotopic (exact) mass is 294 g/mol. The van der Waals surface area contributed by atoms with E-state index in [-0.39, 0.29) is 18.4 Å². The van der Waals surface area contributed by atoms with Crippen molar-refractivity contribution in [1.82, 2.24) is 10.2 Å². The van der Waals surface area contributed by atoms with Crippen molar-refractivity contribution in [3.05, 3.63) is 24.1 Å². The lowest BCUT2D eigenvalue weighted by molar-refractivity contribution is -0.142. The second-order valence-corrected chi connectivity index (χ2v) is 3.99. The number of hydrogen-bond acceptors (Lipinski definition) is 7. The Morgan fingerprint density at radius 1 is 1.19 bits per heavy atom. The van der Waals surface area contributed by atoms with Crippen LogP contribution in [0.25, 0.3) is 11.5 Å². The molecule has 0 radical (unpaired) electrons. The summed E-state index contributed by atoms with van der Waals surface area (Å²) < 4.78 is 20.6. The van der Waals surface area contributed by atoms with Crippen LogP contribution >= 0.6 is 0 Å². The number of benzene rings is 1. The second-order valence-electron chi connectivity index (χ2n) is 3.99. The van der Waals surface area contributed by atoms with Crippen molar-refractivity contribution in [2.24, 2.45) is 0 Å². The summed E-state index contributed by atoms with van der Waals surface area (Å²) in [6.45, 7) is -0.495. The zero-order chi connectivity index (χ0) is 15.2. The van der Waals surface area contributed by atoms with Crippen molar-refractivity contribution >= 4 is 5.97 Å². The SMILES string of the molecule is COc1cc(OC)cc(-c2nnc(COCC(=O)O)o2)c1. The molecule has 1 N–H and O–H groups in total. The van der Waals surface area contributed by atoms with Gasteiger partial charge in [-0.1, -0.05) is 0 Å². The van der Waals surface area contributed by atoms with Gasteiger partial charge >= 0.3 is 5.97 Å². The van der Waals surface area contributed by atoms with E-state index in [1.54, 1.807) is 18.2 Å². The minimum absolute atomic E-state index is 0.0690. The number of carbonyl (C=O) groups is 1. The standard InChI is InChI=1S/C13H14N2O6/c1-18-9-3-8(4-10(5-9)19-2)13-15-14-11(21-13)6-20-7-12(16)17/h3-5H,6-7H2,1-2H3,(H,16,17). The van der Waals surface area contributed by atoms with E-state index >= 15 is 0 Å². The van der Waals surface area contributed by atoms with Crippen LogP contribution in [0.2, 0.25) is 0 Å². The summed E-state index contributed by atoms with van der Waals surface area (Å²) in [6.07, 6.45) is 0. The maximum atomic E-state index is 10.3. The molecule has 8 nitrogen and oxygen atoms in total. The number of ether oxygens (including phenoxy) is 3. The van der Waals surface area contributed by atoms with Crippen LogP contribution in [0, 0.1) is 0 Å². The highest BCUT2D eigenvalue weighted by atomic mass is 16.5. The van der Waals surface area contributed by atoms with Crippen molar-refractivity contribution in [1.29, 1.82) is 0 Å². The summed E-state index contributed by atoms with van der Waals surface area (Å²) >= 11 is 0. The molecule has 0 aliphatic rings. The zero-order valence-corrected chi connectivity index (χ0v) is 11.5. The van der Waals surface area contributed by atoms with E-state index in [2.05, 4.69) is 10.2 Å². The Labute approximate surface area is 120 Å². The maximum Gasteiger partial charge on any atom is 0.329 e. The third-order valence-corrected chi connectivity index (χ3v) is 2.52. The van der Waals surface area contributed by atoms with Gasteiger partial charge in [0, 0.05) is 11.6 Å². The van der Waals surface area contributed by atoms with Gasteiger partial charge in [-0.15, -0.1) is 10.2 Å². The summed E-state index contributed by atoms with van der Waals surface area (Å²) in [7, 11) is 3.08. The largest absolute Gasteiger partial charge is 0.497 e. The van der Waals surface area contributed by atoms with Crippen LogP contribution in [0.5, 0.6) is 11.5 Å². The first-order valence-electron chi connectivity index (χ1n) is 5.97. The number of nitrogens with zero attached hydrogens (tertiary/aromatic N) is 2. The minimum atomic E-state index is -1.06. The van der Waals surface area contributed by atoms with Crippen LogP contribution in [-0.4, -0.2) is 42.1 Å². The molecule has 2 aromatic rings. The van der Waals surface area contributed by atoms with E-state index in [9.17, 15) is 4.79 Å². The average Bonchev–Trinajstić information content (AvgIpc) is 2.95. The van der Waals surface area contributed by atoms with Crippen molar-refractivity contribution in [3.63, 3.8) is 0 Å². The van der Waals surface area contributed by atoms with Crippen molar-refractivity contribution in [2.75, 3.05) is 20.8 Å². The van der Waals surface area contributed by atoms with Crippen molar-refractivity contribution in [3.8, 4) is 23.0 Å². The summed E-state index contributed by atoms with van der Waals surface area (Å²) in [5.74, 6) is 0.568. The van der Waals surface area contributed by atoms with Crippen LogP contribution in [0.15, 0.2) is 22.6 Å². The molecule has 0 atom stereocenters. The van der Waals surface area contributed by atoms with Gasteiger partial charge in [0.25, 0.3) is 0 Å². The molecule has 0 aliphatic carbocycles. The predicted octanol–water partition coefficient (Wildman–Crippen LogP) is 1.35. The van der Waals surface area contributed by atoms with Gasteiger partial charge in [-0.2, -0.15) is 0 Å². The average molecular weight is 294 g/mol. The Morgan fingerprint density at radius 3 is 2.43 bits per heavy atom. The fourth-order valence-corrected chi connectivity index (χ4v) is 1.59. The van der Waals surface area contributed by atoms with E-state index in [4.69, 9.17) is 23.7 Å². The van der Waals surface area contributed by atoms with Crippen molar-refractivity contribution < 1.29 is 28.5 Å². The molecule has 1 heterocycles. The summed E-state index contributed by atoms with van der Waals surface area (Å²) in [6, 6.07) is 5.16. The number of carboxylic acid groups (broad SMARTS) is 1. The highest BCUT2D eigenvalue weighted by Gasteiger charge is 2.12. The Kier molecular flexibility index (Phi) is 4.72. The molecule has 2 rings (SSSR count). The van der Waals surface area contributed by atoms with Gasteiger partial charge in [0.15, 0.2) is 0 Å². The maximum absolute atomic E-state index is 10.3. The molecule has 0 aliphatic heterocycles. The molecule has 21 heavy (non-hydrogen) atoms. The zero-order valence-electron chi connectivity index (χ0n) is 11.5. The first-order valence-corrected chi connectivity index (χ1v) is 5.97. The molecule has 0 saturated heterocycles. The number of hydrogen-bond donors (Lipinski definition) is 1. The van der Waals surface area contributed by atoms with Crippen molar-refractivity contribution in [2.45, 2.75) is 6.61 Å². The van der Waals surface area contributed by atoms with Gasteiger partial charge in [-0.25, -0.2) is 4.79 Å². The number of rotatable bonds is 7. The molecule has 0 saturated carbocycles. The Hall–Kier alpha value is -2.61. The van der Waals surface area contributed by atoms with E-state index in [0.717, 1.165) is 0 Å². The molecule has 0 fully saturated rings. The smallest absolute Gasteiger partial charge is 0.329 e. The van der Waals surface area contributed by atoms with Gasteiger partial charge in [0.05, 0.1) is 14.2 Å². The molecule has 112 valence electrons. The van der Waals surface area contributed by atoms with Crippen LogP contribution < -0.4 is 9.47 Å². The molecule has 8 heteroatoms. The summed E-state index contributed by atoms with van der Waals surface area (Å²) in [4.78, 5) is 10.3. The van der Waals surface area contributed by atoms with Crippen LogP contribution in [-0.2, 0) is 16.1 Å². The third-order valence-electron chi connectivity index (χ3n) is 2.52. The van der Waals surface area contributed by atoms with Crippen LogP contribution in [0.3, 0.4) is 0 Å². The summed E-state index contributed by atoms with van der Waals surface area (Å²) in [5, 5.41) is 16.1. The fourth-order valence-electron chi connectivity index (χ4n) is 1.59. The van der Waals surface area contributed by atoms with Gasteiger partial charge in [-0.3, -0.25) is 0 Å². The van der Waals surface area contributed by atoms with Crippen LogP contribution in [0.4, 0.5) is 0 Å². The molecule has 0 amide bonds. The molecule has 1 aromatic carbocycles. The highest BCUT2D eigenvalue weighted by molar-refractivity contribution is 5.68. The normalized spacial score (nSPS) is 10.4. The van der Waals surface area contributed by atoms with E-state index < -0.39 is 12.6 Å². The molecular weight excluding hydrogens is 280 g/mol. The Balaban J connectivity index is 2.15. The molecule has 0 bridgehead atoms. The lowest BCUT2D eigenvalue weighted by Crippen LogP contribution is -2.06. The van der Waals surface area contributed by atoms with E-state index in [1.165, 1.54) is 14.2 Å². The third kappa shape index (κ3) is 3.93. The minimum Gasteiger partial charge on any atom is -0.497 e. The molecule has 1 aromatic heterocycles. The van der Waals surface area contributed by atoms with Crippen LogP contribution in [0.1, 0.15) is 5.89 Å². The lowest BCUT2D eigenvalue weighted by Gasteiger charge is -2.05. The fraction of sp³-hybridized carbons (Fsp3) is 0.308. The Bertz CT molecular complexity index is 603. The number of carboxylic acids is 1. The highest BCUT2D eigenvalue weighted by Crippen LogP contribution is 2.28. The molecule has 0 spiro atoms. The van der Waals surface area contributed by atoms with E-state index in [0.29, 0.717) is 17.1 Å². The molecule has 0 unspecified atom stereocenters. The topological polar surface area (TPSA) is 104 Å². The van der Waals surface area contributed by atoms with E-state index in [1.807, 2.05) is 0 Å². The number of aliphatic carboxylic acids is 1. The number of aromatic nitrogens is 2. The lowest BCUT2D eigenvalue weighted by atomic mass is 10.2. The molecular formula is C13H14N2O6. The predicted molar refractivity (Wildman–Crippen MR) is 70.1 cm³/mol. The second kappa shape index (κ2) is 6.71. The van der Waals surface area contributed by atoms with Gasteiger partial charge in [-0.05, 0) is 12.1 Å². The summed E-state index contributed by atoms with van der Waals surface area (Å²) in [5.41, 5.74) is 0.628. The number of methoxy groups -OCH3 is 2.